The quantitative estimate of drug-likeness (QED) is 0.781. The summed E-state index contributed by atoms with van der Waals surface area (Å²) < 4.78 is 14.2. The first-order valence-electron chi connectivity index (χ1n) is 6.94. The van der Waals surface area contributed by atoms with Gasteiger partial charge >= 0.3 is 0 Å². The van der Waals surface area contributed by atoms with Crippen LogP contribution >= 0.6 is 11.3 Å². The van der Waals surface area contributed by atoms with Crippen molar-refractivity contribution in [1.29, 1.82) is 0 Å². The summed E-state index contributed by atoms with van der Waals surface area (Å²) >= 11 is 1.20. The number of rotatable bonds is 5. The van der Waals surface area contributed by atoms with Crippen molar-refractivity contribution >= 4 is 34.0 Å². The number of carbonyl (C=O) groups is 2. The molecule has 0 aliphatic heterocycles. The number of hydrogen-bond donors (Lipinski definition) is 3. The number of thiazole rings is 1. The van der Waals surface area contributed by atoms with Gasteiger partial charge in [0.05, 0.1) is 5.69 Å². The number of carbonyl (C=O) groups excluding carboxylic acids is 2. The number of amides is 2. The maximum absolute atomic E-state index is 14.2. The minimum atomic E-state index is -0.505. The van der Waals surface area contributed by atoms with E-state index in [4.69, 9.17) is 5.73 Å². The number of hydrogen-bond acceptors (Lipinski definition) is 5. The first-order chi connectivity index (χ1) is 10.9. The van der Waals surface area contributed by atoms with Crippen LogP contribution in [0.3, 0.4) is 0 Å². The van der Waals surface area contributed by atoms with E-state index in [0.29, 0.717) is 22.1 Å². The predicted octanol–water partition coefficient (Wildman–Crippen LogP) is 2.44. The molecule has 0 saturated carbocycles. The number of nitrogens with zero attached hydrogens (tertiary/aromatic N) is 1. The van der Waals surface area contributed by atoms with Crippen LogP contribution in [0.1, 0.15) is 13.8 Å². The summed E-state index contributed by atoms with van der Waals surface area (Å²) in [7, 11) is 0. The number of halogens is 1. The molecule has 0 radical (unpaired) electrons. The minimum Gasteiger partial charge on any atom is -0.330 e. The van der Waals surface area contributed by atoms with Crippen LogP contribution in [0.2, 0.25) is 0 Å². The Balaban J connectivity index is 2.17. The molecule has 2 aromatic rings. The maximum Gasteiger partial charge on any atom is 0.230 e. The molecule has 23 heavy (non-hydrogen) atoms. The van der Waals surface area contributed by atoms with Crippen LogP contribution in [-0.2, 0) is 9.59 Å². The third-order valence-corrected chi connectivity index (χ3v) is 3.86. The molecule has 0 fully saturated rings. The predicted molar refractivity (Wildman–Crippen MR) is 88.7 cm³/mol. The maximum atomic E-state index is 14.2. The van der Waals surface area contributed by atoms with Crippen molar-refractivity contribution in [3.05, 3.63) is 29.4 Å². The van der Waals surface area contributed by atoms with Crippen molar-refractivity contribution in [2.24, 2.45) is 11.7 Å². The van der Waals surface area contributed by atoms with Gasteiger partial charge in [-0.1, -0.05) is 6.92 Å². The van der Waals surface area contributed by atoms with Gasteiger partial charge in [-0.05, 0) is 18.2 Å². The van der Waals surface area contributed by atoms with Gasteiger partial charge in [0.25, 0.3) is 0 Å². The van der Waals surface area contributed by atoms with E-state index in [1.165, 1.54) is 30.4 Å². The lowest BCUT2D eigenvalue weighted by atomic mass is 10.1. The zero-order valence-electron chi connectivity index (χ0n) is 12.7. The first-order valence-corrected chi connectivity index (χ1v) is 7.82. The third-order valence-electron chi connectivity index (χ3n) is 3.10. The lowest BCUT2D eigenvalue weighted by Crippen LogP contribution is -2.26. The Morgan fingerprint density at radius 2 is 2.13 bits per heavy atom. The van der Waals surface area contributed by atoms with E-state index >= 15 is 0 Å². The Labute approximate surface area is 136 Å². The van der Waals surface area contributed by atoms with E-state index in [1.807, 2.05) is 0 Å². The molecule has 0 saturated heterocycles. The van der Waals surface area contributed by atoms with Gasteiger partial charge in [0, 0.05) is 36.0 Å². The van der Waals surface area contributed by atoms with Crippen LogP contribution in [0, 0.1) is 11.7 Å². The lowest BCUT2D eigenvalue weighted by Gasteiger charge is -2.07. The smallest absolute Gasteiger partial charge is 0.230 e. The molecular weight excluding hydrogens is 319 g/mol. The monoisotopic (exact) mass is 336 g/mol. The average molecular weight is 336 g/mol. The topological polar surface area (TPSA) is 97.1 Å². The molecule has 122 valence electrons. The fourth-order valence-corrected chi connectivity index (χ4v) is 2.51. The van der Waals surface area contributed by atoms with Crippen molar-refractivity contribution < 1.29 is 14.0 Å². The van der Waals surface area contributed by atoms with Crippen molar-refractivity contribution in [2.45, 2.75) is 13.8 Å². The van der Waals surface area contributed by atoms with E-state index < -0.39 is 5.82 Å². The molecule has 1 aromatic carbocycles. The van der Waals surface area contributed by atoms with Crippen molar-refractivity contribution in [3.8, 4) is 11.3 Å². The zero-order valence-corrected chi connectivity index (χ0v) is 13.5. The fourth-order valence-electron chi connectivity index (χ4n) is 1.79. The second-order valence-corrected chi connectivity index (χ2v) is 5.90. The lowest BCUT2D eigenvalue weighted by molar-refractivity contribution is -0.119. The molecule has 8 heteroatoms. The average Bonchev–Trinajstić information content (AvgIpc) is 2.94. The molecule has 0 bridgehead atoms. The molecule has 2 rings (SSSR count). The molecule has 1 atom stereocenters. The van der Waals surface area contributed by atoms with E-state index in [9.17, 15) is 14.0 Å². The number of benzene rings is 1. The van der Waals surface area contributed by atoms with Gasteiger partial charge in [-0.15, -0.1) is 11.3 Å². The van der Waals surface area contributed by atoms with Crippen LogP contribution in [-0.4, -0.2) is 23.3 Å². The number of anilines is 2. The van der Waals surface area contributed by atoms with Crippen LogP contribution in [0.15, 0.2) is 23.6 Å². The Hall–Kier alpha value is -2.32. The molecule has 1 heterocycles. The Morgan fingerprint density at radius 3 is 2.74 bits per heavy atom. The summed E-state index contributed by atoms with van der Waals surface area (Å²) in [5.74, 6) is -1.33. The number of nitrogens with one attached hydrogen (secondary N) is 2. The largest absolute Gasteiger partial charge is 0.330 e. The Morgan fingerprint density at radius 1 is 1.39 bits per heavy atom. The molecule has 2 amide bonds. The van der Waals surface area contributed by atoms with E-state index in [0.717, 1.165) is 0 Å². The van der Waals surface area contributed by atoms with Gasteiger partial charge < -0.3 is 16.4 Å². The standard InChI is InChI=1S/C15H17FN4O2S/c1-8(6-17)14(22)20-15-19-13(7-23-15)11-4-3-10(5-12(11)16)18-9(2)21/h3-5,7-8H,6,17H2,1-2H3,(H,18,21)(H,19,20,22). The second-order valence-electron chi connectivity index (χ2n) is 5.04. The highest BCUT2D eigenvalue weighted by molar-refractivity contribution is 7.14. The summed E-state index contributed by atoms with van der Waals surface area (Å²) in [6.07, 6.45) is 0. The summed E-state index contributed by atoms with van der Waals surface area (Å²) in [5, 5.41) is 7.19. The van der Waals surface area contributed by atoms with Crippen molar-refractivity contribution in [1.82, 2.24) is 4.98 Å². The fraction of sp³-hybridized carbons (Fsp3) is 0.267. The molecule has 4 N–H and O–H groups in total. The van der Waals surface area contributed by atoms with Gasteiger partial charge in [-0.2, -0.15) is 0 Å². The number of aromatic nitrogens is 1. The van der Waals surface area contributed by atoms with E-state index in [-0.39, 0.29) is 24.3 Å². The first kappa shape index (κ1) is 17.0. The number of nitrogens with two attached hydrogens (primary N) is 1. The summed E-state index contributed by atoms with van der Waals surface area (Å²) in [4.78, 5) is 26.9. The molecule has 6 nitrogen and oxygen atoms in total. The van der Waals surface area contributed by atoms with Crippen molar-refractivity contribution in [3.63, 3.8) is 0 Å². The zero-order chi connectivity index (χ0) is 17.0. The van der Waals surface area contributed by atoms with Gasteiger partial charge in [0.1, 0.15) is 5.82 Å². The molecular formula is C15H17FN4O2S. The molecule has 1 aromatic heterocycles. The van der Waals surface area contributed by atoms with Crippen LogP contribution in [0.4, 0.5) is 15.2 Å². The molecule has 0 aliphatic carbocycles. The molecule has 0 aliphatic rings. The third kappa shape index (κ3) is 4.33. The van der Waals surface area contributed by atoms with Crippen LogP contribution < -0.4 is 16.4 Å². The SMILES string of the molecule is CC(=O)Nc1ccc(-c2csc(NC(=O)C(C)CN)n2)c(F)c1. The van der Waals surface area contributed by atoms with E-state index in [1.54, 1.807) is 18.4 Å². The summed E-state index contributed by atoms with van der Waals surface area (Å²) in [5.41, 5.74) is 6.52. The Bertz CT molecular complexity index is 732. The molecule has 1 unspecified atom stereocenters. The minimum absolute atomic E-state index is 0.227. The highest BCUT2D eigenvalue weighted by atomic mass is 32.1. The van der Waals surface area contributed by atoms with Gasteiger partial charge in [-0.25, -0.2) is 9.37 Å². The van der Waals surface area contributed by atoms with Gasteiger partial charge in [0.2, 0.25) is 11.8 Å². The van der Waals surface area contributed by atoms with E-state index in [2.05, 4.69) is 15.6 Å². The van der Waals surface area contributed by atoms with Crippen LogP contribution in [0.5, 0.6) is 0 Å². The highest BCUT2D eigenvalue weighted by Gasteiger charge is 2.15. The normalized spacial score (nSPS) is 11.8. The summed E-state index contributed by atoms with van der Waals surface area (Å²) in [6, 6.07) is 4.35. The van der Waals surface area contributed by atoms with Gasteiger partial charge in [-0.3, -0.25) is 9.59 Å². The Kier molecular flexibility index (Phi) is 5.41. The summed E-state index contributed by atoms with van der Waals surface area (Å²) in [6.45, 7) is 3.30. The highest BCUT2D eigenvalue weighted by Crippen LogP contribution is 2.28. The van der Waals surface area contributed by atoms with Crippen LogP contribution in [0.25, 0.3) is 11.3 Å². The molecule has 0 spiro atoms. The second kappa shape index (κ2) is 7.30. The van der Waals surface area contributed by atoms with Gasteiger partial charge in [0.15, 0.2) is 5.13 Å². The van der Waals surface area contributed by atoms with Crippen molar-refractivity contribution in [2.75, 3.05) is 17.2 Å².